The van der Waals surface area contributed by atoms with Crippen LogP contribution in [0.3, 0.4) is 0 Å². The van der Waals surface area contributed by atoms with E-state index in [1.807, 2.05) is 32.9 Å². The Kier molecular flexibility index (Phi) is 8.76. The highest BCUT2D eigenvalue weighted by atomic mass is 32.2. The Morgan fingerprint density at radius 3 is 2.42 bits per heavy atom. The molecule has 3 aromatic rings. The lowest BCUT2D eigenvalue weighted by Crippen LogP contribution is -2.44. The Balaban J connectivity index is 1.47. The summed E-state index contributed by atoms with van der Waals surface area (Å²) < 4.78 is 39.9. The topological polar surface area (TPSA) is 150 Å². The van der Waals surface area contributed by atoms with Crippen LogP contribution in [0.5, 0.6) is 0 Å². The van der Waals surface area contributed by atoms with Crippen LogP contribution in [0.15, 0.2) is 53.6 Å². The van der Waals surface area contributed by atoms with Crippen LogP contribution < -0.4 is 10.6 Å². The van der Waals surface area contributed by atoms with Crippen LogP contribution in [0, 0.1) is 0 Å². The number of piperidine rings is 1. The molecule has 2 aliphatic rings. The Morgan fingerprint density at radius 2 is 1.74 bits per heavy atom. The molecule has 1 amide bonds. The smallest absolute Gasteiger partial charge is 0.410 e. The Morgan fingerprint density at radius 1 is 1.05 bits per heavy atom. The van der Waals surface area contributed by atoms with Crippen molar-refractivity contribution < 1.29 is 32.6 Å². The molecule has 43 heavy (non-hydrogen) atoms. The van der Waals surface area contributed by atoms with E-state index in [1.54, 1.807) is 29.2 Å². The third-order valence-corrected chi connectivity index (χ3v) is 9.27. The molecule has 0 bridgehead atoms. The Hall–Kier alpha value is -3.94. The second-order valence-electron chi connectivity index (χ2n) is 11.6. The van der Waals surface area contributed by atoms with Crippen molar-refractivity contribution in [1.29, 1.82) is 0 Å². The summed E-state index contributed by atoms with van der Waals surface area (Å²) in [5.74, 6) is -1.14. The first-order valence-corrected chi connectivity index (χ1v) is 15.7. The summed E-state index contributed by atoms with van der Waals surface area (Å²) in [5.41, 5.74) is 1.24. The fourth-order valence-corrected chi connectivity index (χ4v) is 6.71. The van der Waals surface area contributed by atoms with Gasteiger partial charge in [0.15, 0.2) is 0 Å². The van der Waals surface area contributed by atoms with Gasteiger partial charge in [-0.15, -0.1) is 0 Å². The fraction of sp³-hybridized carbons (Fsp3) is 0.433. The third-order valence-electron chi connectivity index (χ3n) is 7.36. The van der Waals surface area contributed by atoms with Gasteiger partial charge in [0, 0.05) is 49.5 Å². The van der Waals surface area contributed by atoms with Crippen molar-refractivity contribution in [2.45, 2.75) is 50.2 Å². The van der Waals surface area contributed by atoms with Crippen LogP contribution in [-0.4, -0.2) is 90.8 Å². The highest BCUT2D eigenvalue weighted by molar-refractivity contribution is 7.89. The molecule has 0 radical (unpaired) electrons. The van der Waals surface area contributed by atoms with Gasteiger partial charge in [0.25, 0.3) is 0 Å². The lowest BCUT2D eigenvalue weighted by molar-refractivity contribution is 0.0210. The molecule has 12 nitrogen and oxygen atoms in total. The van der Waals surface area contributed by atoms with Crippen LogP contribution in [0.25, 0.3) is 10.9 Å². The summed E-state index contributed by atoms with van der Waals surface area (Å²) in [4.78, 5) is 30.6. The summed E-state index contributed by atoms with van der Waals surface area (Å²) in [7, 11) is -3.99. The highest BCUT2D eigenvalue weighted by Gasteiger charge is 2.31. The van der Waals surface area contributed by atoms with E-state index in [0.717, 1.165) is 5.69 Å². The summed E-state index contributed by atoms with van der Waals surface area (Å²) in [6.07, 6.45) is 2.41. The minimum atomic E-state index is -3.99. The molecule has 1 aromatic heterocycles. The highest BCUT2D eigenvalue weighted by Crippen LogP contribution is 2.36. The summed E-state index contributed by atoms with van der Waals surface area (Å²) >= 11 is 0. The molecule has 0 spiro atoms. The second-order valence-corrected chi connectivity index (χ2v) is 13.5. The van der Waals surface area contributed by atoms with Crippen LogP contribution >= 0.6 is 0 Å². The van der Waals surface area contributed by atoms with Crippen LogP contribution in [0.1, 0.15) is 44.0 Å². The number of aromatic nitrogens is 1. The lowest BCUT2D eigenvalue weighted by atomic mass is 10.0. The molecule has 0 aliphatic carbocycles. The zero-order valence-corrected chi connectivity index (χ0v) is 25.3. The maximum Gasteiger partial charge on any atom is 0.410 e. The summed E-state index contributed by atoms with van der Waals surface area (Å²) in [5, 5.41) is 17.0. The quantitative estimate of drug-likeness (QED) is 0.348. The summed E-state index contributed by atoms with van der Waals surface area (Å²) in [6.45, 7) is 7.59. The average molecular weight is 612 g/mol. The fourth-order valence-electron chi connectivity index (χ4n) is 5.20. The summed E-state index contributed by atoms with van der Waals surface area (Å²) in [6, 6.07) is 11.9. The van der Waals surface area contributed by atoms with Gasteiger partial charge in [-0.25, -0.2) is 18.0 Å². The molecule has 0 saturated carbocycles. The number of carbonyl (C=O) groups excluding carboxylic acids is 1. The SMILES string of the molecule is CC(C)(C)OC(=O)N1CCC(Nc2ccc3ncc(S(=O)(=O)N4CCOCC4)c(Nc4ccccc4C(=O)O)c3c2)CC1. The van der Waals surface area contributed by atoms with Gasteiger partial charge in [-0.2, -0.15) is 4.31 Å². The van der Waals surface area contributed by atoms with Gasteiger partial charge in [0.1, 0.15) is 10.5 Å². The van der Waals surface area contributed by atoms with Crippen molar-refractivity contribution in [3.63, 3.8) is 0 Å². The van der Waals surface area contributed by atoms with Gasteiger partial charge < -0.3 is 30.1 Å². The van der Waals surface area contributed by atoms with E-state index in [2.05, 4.69) is 15.6 Å². The predicted molar refractivity (Wildman–Crippen MR) is 162 cm³/mol. The number of sulfonamides is 1. The molecule has 5 rings (SSSR count). The first-order valence-electron chi connectivity index (χ1n) is 14.3. The number of likely N-dealkylation sites (tertiary alicyclic amines) is 1. The molecule has 2 fully saturated rings. The van der Waals surface area contributed by atoms with E-state index >= 15 is 0 Å². The number of nitrogens with zero attached hydrogens (tertiary/aromatic N) is 3. The Bertz CT molecular complexity index is 1610. The average Bonchev–Trinajstić information content (AvgIpc) is 2.97. The maximum atomic E-state index is 13.9. The second kappa shape index (κ2) is 12.3. The van der Waals surface area contributed by atoms with Crippen LogP contribution in [0.4, 0.5) is 21.9 Å². The number of fused-ring (bicyclic) bond motifs is 1. The number of hydrogen-bond acceptors (Lipinski definition) is 9. The molecule has 3 N–H and O–H groups in total. The molecule has 3 heterocycles. The van der Waals surface area contributed by atoms with Gasteiger partial charge >= 0.3 is 12.1 Å². The van der Waals surface area contributed by atoms with E-state index < -0.39 is 21.6 Å². The molecule has 13 heteroatoms. The Labute approximate surface area is 251 Å². The van der Waals surface area contributed by atoms with E-state index in [0.29, 0.717) is 36.8 Å². The van der Waals surface area contributed by atoms with Gasteiger partial charge in [-0.3, -0.25) is 4.98 Å². The van der Waals surface area contributed by atoms with Crippen LogP contribution in [-0.2, 0) is 19.5 Å². The molecule has 230 valence electrons. The monoisotopic (exact) mass is 611 g/mol. The minimum absolute atomic E-state index is 0.00760. The van der Waals surface area contributed by atoms with E-state index in [9.17, 15) is 23.1 Å². The maximum absolute atomic E-state index is 13.9. The number of aromatic carboxylic acids is 1. The molecule has 2 saturated heterocycles. The number of ether oxygens (including phenoxy) is 2. The number of carbonyl (C=O) groups is 2. The van der Waals surface area contributed by atoms with Crippen molar-refractivity contribution in [2.24, 2.45) is 0 Å². The van der Waals surface area contributed by atoms with E-state index in [4.69, 9.17) is 9.47 Å². The molecular formula is C30H37N5O7S. The number of hydrogen-bond donors (Lipinski definition) is 3. The van der Waals surface area contributed by atoms with E-state index in [1.165, 1.54) is 16.6 Å². The van der Waals surface area contributed by atoms with Crippen molar-refractivity contribution >= 4 is 50.1 Å². The number of benzene rings is 2. The van der Waals surface area contributed by atoms with Crippen molar-refractivity contribution in [3.05, 3.63) is 54.2 Å². The van der Waals surface area contributed by atoms with Crippen LogP contribution in [0.2, 0.25) is 0 Å². The number of carboxylic acids is 1. The molecule has 0 unspecified atom stereocenters. The zero-order chi connectivity index (χ0) is 30.8. The molecular weight excluding hydrogens is 574 g/mol. The van der Waals surface area contributed by atoms with Gasteiger partial charge in [0.2, 0.25) is 10.0 Å². The standard InChI is InChI=1S/C30H37N5O7S/c1-30(2,3)42-29(38)34-12-10-20(11-13-34)32-21-8-9-24-23(18-21)27(33-25-7-5-4-6-22(25)28(36)37)26(19-31-24)43(39,40)35-14-16-41-17-15-35/h4-9,18-20,32H,10-17H2,1-3H3,(H,31,33)(H,36,37). The number of nitrogens with one attached hydrogen (secondary N) is 2. The number of rotatable bonds is 7. The van der Waals surface area contributed by atoms with Gasteiger partial charge in [0.05, 0.1) is 35.7 Å². The lowest BCUT2D eigenvalue weighted by Gasteiger charge is -2.34. The molecule has 0 atom stereocenters. The zero-order valence-electron chi connectivity index (χ0n) is 24.5. The molecule has 2 aliphatic heterocycles. The number of amides is 1. The minimum Gasteiger partial charge on any atom is -0.478 e. The normalized spacial score (nSPS) is 17.0. The third kappa shape index (κ3) is 7.00. The largest absolute Gasteiger partial charge is 0.478 e. The van der Waals surface area contributed by atoms with Crippen molar-refractivity contribution in [2.75, 3.05) is 50.0 Å². The number of carboxylic acid groups (broad SMARTS) is 1. The van der Waals surface area contributed by atoms with Crippen molar-refractivity contribution in [3.8, 4) is 0 Å². The number of anilines is 3. The number of morpholine rings is 1. The van der Waals surface area contributed by atoms with Crippen molar-refractivity contribution in [1.82, 2.24) is 14.2 Å². The first-order chi connectivity index (χ1) is 20.4. The predicted octanol–water partition coefficient (Wildman–Crippen LogP) is 4.51. The number of pyridine rings is 1. The van der Waals surface area contributed by atoms with E-state index in [-0.39, 0.29) is 60.3 Å². The number of para-hydroxylation sites is 1. The van der Waals surface area contributed by atoms with Gasteiger partial charge in [-0.1, -0.05) is 12.1 Å². The first kappa shape index (κ1) is 30.5. The van der Waals surface area contributed by atoms with Gasteiger partial charge in [-0.05, 0) is 63.9 Å². The molecule has 2 aromatic carbocycles.